The number of hydrogen-bond donors (Lipinski definition) is 1. The molecule has 1 fully saturated rings. The van der Waals surface area contributed by atoms with E-state index in [-0.39, 0.29) is 24.1 Å². The van der Waals surface area contributed by atoms with Crippen molar-refractivity contribution in [2.45, 2.75) is 18.9 Å². The van der Waals surface area contributed by atoms with Crippen molar-refractivity contribution in [3.8, 4) is 11.8 Å². The molecule has 2 rings (SSSR count). The Bertz CT molecular complexity index is 569. The highest BCUT2D eigenvalue weighted by molar-refractivity contribution is 5.94. The summed E-state index contributed by atoms with van der Waals surface area (Å²) in [7, 11) is 1.68. The Balaban J connectivity index is 2.08. The molecule has 4 nitrogen and oxygen atoms in total. The molecule has 1 amide bonds. The second-order valence-corrected chi connectivity index (χ2v) is 4.93. The first-order chi connectivity index (χ1) is 10.2. The first-order valence-corrected chi connectivity index (χ1v) is 6.96. The molecule has 112 valence electrons. The number of halogens is 1. The van der Waals surface area contributed by atoms with Gasteiger partial charge in [0.1, 0.15) is 5.82 Å². The summed E-state index contributed by atoms with van der Waals surface area (Å²) in [6.07, 6.45) is 1.83. The Labute approximate surface area is 124 Å². The first kappa shape index (κ1) is 15.5. The van der Waals surface area contributed by atoms with E-state index < -0.39 is 5.82 Å². The molecular weight excluding hydrogens is 271 g/mol. The molecule has 2 N–H and O–H groups in total. The summed E-state index contributed by atoms with van der Waals surface area (Å²) < 4.78 is 19.2. The van der Waals surface area contributed by atoms with Crippen LogP contribution in [0.3, 0.4) is 0 Å². The number of carbonyl (C=O) groups excluding carboxylic acids is 1. The fourth-order valence-corrected chi connectivity index (χ4v) is 2.37. The molecule has 0 aromatic heterocycles. The molecule has 0 radical (unpaired) electrons. The van der Waals surface area contributed by atoms with Gasteiger partial charge in [-0.05, 0) is 31.0 Å². The molecule has 1 saturated heterocycles. The van der Waals surface area contributed by atoms with Gasteiger partial charge in [-0.2, -0.15) is 0 Å². The monoisotopic (exact) mass is 290 g/mol. The van der Waals surface area contributed by atoms with E-state index in [2.05, 4.69) is 11.8 Å². The molecule has 0 spiro atoms. The molecule has 0 atom stereocenters. The van der Waals surface area contributed by atoms with Crippen LogP contribution in [0.1, 0.15) is 28.8 Å². The fourth-order valence-electron chi connectivity index (χ4n) is 2.37. The van der Waals surface area contributed by atoms with Crippen LogP contribution in [0.15, 0.2) is 18.2 Å². The molecule has 0 aliphatic carbocycles. The zero-order chi connectivity index (χ0) is 15.2. The quantitative estimate of drug-likeness (QED) is 0.837. The second kappa shape index (κ2) is 7.21. The Morgan fingerprint density at radius 1 is 1.48 bits per heavy atom. The highest BCUT2D eigenvalue weighted by Gasteiger charge is 2.23. The van der Waals surface area contributed by atoms with Crippen LogP contribution in [-0.2, 0) is 4.74 Å². The Morgan fingerprint density at radius 2 is 2.19 bits per heavy atom. The maximum Gasteiger partial charge on any atom is 0.253 e. The number of carbonyl (C=O) groups is 1. The van der Waals surface area contributed by atoms with E-state index in [4.69, 9.17) is 10.5 Å². The zero-order valence-corrected chi connectivity index (χ0v) is 12.1. The highest BCUT2D eigenvalue weighted by atomic mass is 19.1. The van der Waals surface area contributed by atoms with E-state index in [9.17, 15) is 9.18 Å². The van der Waals surface area contributed by atoms with Gasteiger partial charge in [0, 0.05) is 25.8 Å². The Kier molecular flexibility index (Phi) is 5.32. The number of rotatable bonds is 2. The minimum absolute atomic E-state index is 0.151. The van der Waals surface area contributed by atoms with Gasteiger partial charge in [0.15, 0.2) is 0 Å². The lowest BCUT2D eigenvalue weighted by Gasteiger charge is -2.31. The summed E-state index contributed by atoms with van der Waals surface area (Å²) in [4.78, 5) is 14.1. The van der Waals surface area contributed by atoms with E-state index in [1.165, 1.54) is 12.1 Å². The predicted molar refractivity (Wildman–Crippen MR) is 78.3 cm³/mol. The summed E-state index contributed by atoms with van der Waals surface area (Å²) >= 11 is 0. The summed E-state index contributed by atoms with van der Waals surface area (Å²) in [6, 6.07) is 4.37. The molecule has 1 heterocycles. The van der Waals surface area contributed by atoms with E-state index in [1.807, 2.05) is 0 Å². The lowest BCUT2D eigenvalue weighted by molar-refractivity contribution is 0.0350. The van der Waals surface area contributed by atoms with Gasteiger partial charge >= 0.3 is 0 Å². The smallest absolute Gasteiger partial charge is 0.253 e. The number of amides is 1. The second-order valence-electron chi connectivity index (χ2n) is 4.93. The van der Waals surface area contributed by atoms with Gasteiger partial charge in [0.25, 0.3) is 5.91 Å². The van der Waals surface area contributed by atoms with E-state index in [0.717, 1.165) is 12.8 Å². The maximum atomic E-state index is 13.9. The molecule has 1 aromatic carbocycles. The average molecular weight is 290 g/mol. The van der Waals surface area contributed by atoms with Crippen molar-refractivity contribution >= 4 is 5.91 Å². The standard InChI is InChI=1S/C16H19FN2O2/c1-21-14-6-9-19(10-7-14)16(20)13-5-4-12(3-2-8-18)15(17)11-13/h4-5,11,14H,6-10,18H2,1H3. The number of hydrogen-bond acceptors (Lipinski definition) is 3. The first-order valence-electron chi connectivity index (χ1n) is 6.96. The van der Waals surface area contributed by atoms with Crippen molar-refractivity contribution in [2.24, 2.45) is 5.73 Å². The number of piperidine rings is 1. The topological polar surface area (TPSA) is 55.6 Å². The van der Waals surface area contributed by atoms with E-state index >= 15 is 0 Å². The van der Waals surface area contributed by atoms with Crippen molar-refractivity contribution in [1.29, 1.82) is 0 Å². The highest BCUT2D eigenvalue weighted by Crippen LogP contribution is 2.17. The lowest BCUT2D eigenvalue weighted by atomic mass is 10.1. The van der Waals surface area contributed by atoms with Crippen LogP contribution in [0.25, 0.3) is 0 Å². The van der Waals surface area contributed by atoms with Crippen LogP contribution in [0.2, 0.25) is 0 Å². The summed E-state index contributed by atoms with van der Waals surface area (Å²) in [5, 5.41) is 0. The molecule has 0 unspecified atom stereocenters. The molecule has 21 heavy (non-hydrogen) atoms. The third kappa shape index (κ3) is 3.81. The maximum absolute atomic E-state index is 13.9. The van der Waals surface area contributed by atoms with Gasteiger partial charge in [0.2, 0.25) is 0 Å². The van der Waals surface area contributed by atoms with Crippen LogP contribution in [0.5, 0.6) is 0 Å². The van der Waals surface area contributed by atoms with Gasteiger partial charge in [-0.25, -0.2) is 4.39 Å². The number of benzene rings is 1. The summed E-state index contributed by atoms with van der Waals surface area (Å²) in [5.41, 5.74) is 5.87. The van der Waals surface area contributed by atoms with Crippen LogP contribution in [0.4, 0.5) is 4.39 Å². The van der Waals surface area contributed by atoms with Crippen LogP contribution in [0, 0.1) is 17.7 Å². The van der Waals surface area contributed by atoms with Crippen molar-refractivity contribution in [3.63, 3.8) is 0 Å². The number of ether oxygens (including phenoxy) is 1. The summed E-state index contributed by atoms with van der Waals surface area (Å²) in [5.74, 6) is 4.59. The minimum Gasteiger partial charge on any atom is -0.381 e. The minimum atomic E-state index is -0.492. The number of nitrogens with two attached hydrogens (primary N) is 1. The SMILES string of the molecule is COC1CCN(C(=O)c2ccc(C#CCN)c(F)c2)CC1. The zero-order valence-electron chi connectivity index (χ0n) is 12.1. The normalized spacial score (nSPS) is 15.5. The Hall–Kier alpha value is -1.90. The largest absolute Gasteiger partial charge is 0.381 e. The molecule has 0 saturated carbocycles. The van der Waals surface area contributed by atoms with Crippen LogP contribution in [-0.4, -0.2) is 43.7 Å². The van der Waals surface area contributed by atoms with E-state index in [1.54, 1.807) is 18.1 Å². The molecular formula is C16H19FN2O2. The molecule has 1 aliphatic heterocycles. The molecule has 5 heteroatoms. The van der Waals surface area contributed by atoms with Crippen molar-refractivity contribution < 1.29 is 13.9 Å². The fraction of sp³-hybridized carbons (Fsp3) is 0.438. The van der Waals surface area contributed by atoms with Crippen LogP contribution < -0.4 is 5.73 Å². The molecule has 0 bridgehead atoms. The van der Waals surface area contributed by atoms with Crippen molar-refractivity contribution in [2.75, 3.05) is 26.7 Å². The van der Waals surface area contributed by atoms with Gasteiger partial charge in [-0.3, -0.25) is 4.79 Å². The van der Waals surface area contributed by atoms with Crippen molar-refractivity contribution in [3.05, 3.63) is 35.1 Å². The number of likely N-dealkylation sites (tertiary alicyclic amines) is 1. The van der Waals surface area contributed by atoms with Gasteiger partial charge in [-0.15, -0.1) is 0 Å². The molecule has 1 aliphatic rings. The Morgan fingerprint density at radius 3 is 2.76 bits per heavy atom. The average Bonchev–Trinajstić information content (AvgIpc) is 2.53. The van der Waals surface area contributed by atoms with Gasteiger partial charge in [0.05, 0.1) is 18.2 Å². The summed E-state index contributed by atoms with van der Waals surface area (Å²) in [6.45, 7) is 1.44. The van der Waals surface area contributed by atoms with E-state index in [0.29, 0.717) is 18.7 Å². The van der Waals surface area contributed by atoms with Gasteiger partial charge < -0.3 is 15.4 Å². The lowest BCUT2D eigenvalue weighted by Crippen LogP contribution is -2.40. The predicted octanol–water partition coefficient (Wildman–Crippen LogP) is 1.39. The van der Waals surface area contributed by atoms with Crippen LogP contribution >= 0.6 is 0 Å². The van der Waals surface area contributed by atoms with Gasteiger partial charge in [-0.1, -0.05) is 11.8 Å². The van der Waals surface area contributed by atoms with Crippen molar-refractivity contribution in [1.82, 2.24) is 4.90 Å². The number of nitrogens with zero attached hydrogens (tertiary/aromatic N) is 1. The third-order valence-corrected chi connectivity index (χ3v) is 3.60. The number of methoxy groups -OCH3 is 1. The third-order valence-electron chi connectivity index (χ3n) is 3.60. The molecule has 1 aromatic rings.